The van der Waals surface area contributed by atoms with Gasteiger partial charge in [0.2, 0.25) is 11.8 Å². The number of ether oxygens (including phenoxy) is 2. The molecule has 2 aliphatic heterocycles. The average molecular weight is 455 g/mol. The fourth-order valence-electron chi connectivity index (χ4n) is 4.38. The Morgan fingerprint density at radius 1 is 1.28 bits per heavy atom. The van der Waals surface area contributed by atoms with E-state index < -0.39 is 0 Å². The summed E-state index contributed by atoms with van der Waals surface area (Å²) in [5.41, 5.74) is 2.64. The highest BCUT2D eigenvalue weighted by molar-refractivity contribution is 7.18. The standard InChI is InChI=1S/C22H26N6O3S/c1-13(14-8-19(29)23-10-14)31-21-20-17(25-12-28(20)15-2-3-15)9-16(26-21)18-11-24-22(32-18)27-4-6-30-7-5-27/h9,11-15H,2-8,10H2,1H3,(H,23,29). The van der Waals surface area contributed by atoms with Gasteiger partial charge in [-0.25, -0.2) is 15.0 Å². The van der Waals surface area contributed by atoms with Gasteiger partial charge in [0.1, 0.15) is 11.6 Å². The van der Waals surface area contributed by atoms with Gasteiger partial charge in [0.25, 0.3) is 0 Å². The Hall–Kier alpha value is -2.72. The summed E-state index contributed by atoms with van der Waals surface area (Å²) in [5, 5.41) is 3.89. The van der Waals surface area contributed by atoms with Crippen molar-refractivity contribution in [2.75, 3.05) is 37.7 Å². The number of pyridine rings is 1. The molecule has 1 aliphatic carbocycles. The van der Waals surface area contributed by atoms with Gasteiger partial charge in [-0.15, -0.1) is 0 Å². The van der Waals surface area contributed by atoms with E-state index in [4.69, 9.17) is 14.5 Å². The molecule has 168 valence electrons. The quantitative estimate of drug-likeness (QED) is 0.612. The van der Waals surface area contributed by atoms with Crippen molar-refractivity contribution in [2.45, 2.75) is 38.3 Å². The number of imidazole rings is 1. The number of hydrogen-bond donors (Lipinski definition) is 1. The highest BCUT2D eigenvalue weighted by Gasteiger charge is 2.31. The number of anilines is 1. The summed E-state index contributed by atoms with van der Waals surface area (Å²) in [6.45, 7) is 5.82. The number of carbonyl (C=O) groups is 1. The zero-order valence-electron chi connectivity index (χ0n) is 18.0. The van der Waals surface area contributed by atoms with Crippen LogP contribution in [0.15, 0.2) is 18.6 Å². The first kappa shape index (κ1) is 19.9. The van der Waals surface area contributed by atoms with Gasteiger partial charge in [-0.2, -0.15) is 0 Å². The molecule has 2 saturated heterocycles. The van der Waals surface area contributed by atoms with Gasteiger partial charge in [-0.1, -0.05) is 11.3 Å². The Balaban J connectivity index is 1.35. The Morgan fingerprint density at radius 2 is 2.12 bits per heavy atom. The van der Waals surface area contributed by atoms with Crippen LogP contribution in [0.4, 0.5) is 5.13 Å². The number of amides is 1. The number of morpholine rings is 1. The molecule has 3 aliphatic rings. The van der Waals surface area contributed by atoms with Crippen LogP contribution in [0.25, 0.3) is 21.6 Å². The van der Waals surface area contributed by atoms with Crippen molar-refractivity contribution in [3.63, 3.8) is 0 Å². The predicted molar refractivity (Wildman–Crippen MR) is 121 cm³/mol. The number of rotatable bonds is 6. The van der Waals surface area contributed by atoms with E-state index in [0.29, 0.717) is 24.9 Å². The molecule has 32 heavy (non-hydrogen) atoms. The zero-order valence-corrected chi connectivity index (χ0v) is 18.8. The van der Waals surface area contributed by atoms with E-state index in [9.17, 15) is 4.79 Å². The summed E-state index contributed by atoms with van der Waals surface area (Å²) in [6, 6.07) is 2.50. The normalized spacial score (nSPS) is 22.3. The van der Waals surface area contributed by atoms with Crippen molar-refractivity contribution in [3.05, 3.63) is 18.6 Å². The van der Waals surface area contributed by atoms with Crippen molar-refractivity contribution in [1.82, 2.24) is 24.8 Å². The van der Waals surface area contributed by atoms with Crippen molar-refractivity contribution in [3.8, 4) is 16.5 Å². The molecule has 5 heterocycles. The number of nitrogens with zero attached hydrogens (tertiary/aromatic N) is 5. The van der Waals surface area contributed by atoms with Crippen molar-refractivity contribution >= 4 is 33.4 Å². The molecule has 0 aromatic carbocycles. The molecule has 1 saturated carbocycles. The van der Waals surface area contributed by atoms with Gasteiger partial charge in [-0.3, -0.25) is 4.79 Å². The van der Waals surface area contributed by atoms with Crippen LogP contribution in [0.1, 0.15) is 32.2 Å². The molecular formula is C22H26N6O3S. The van der Waals surface area contributed by atoms with Gasteiger partial charge < -0.3 is 24.3 Å². The van der Waals surface area contributed by atoms with Gasteiger partial charge in [-0.05, 0) is 25.8 Å². The van der Waals surface area contributed by atoms with Crippen LogP contribution in [0.2, 0.25) is 0 Å². The number of nitrogens with one attached hydrogen (secondary N) is 1. The minimum atomic E-state index is -0.132. The fraction of sp³-hybridized carbons (Fsp3) is 0.545. The molecule has 0 spiro atoms. The topological polar surface area (TPSA) is 94.4 Å². The maximum Gasteiger partial charge on any atom is 0.241 e. The number of aromatic nitrogens is 4. The van der Waals surface area contributed by atoms with E-state index in [1.54, 1.807) is 11.3 Å². The molecule has 0 bridgehead atoms. The highest BCUT2D eigenvalue weighted by Crippen LogP contribution is 2.41. The predicted octanol–water partition coefficient (Wildman–Crippen LogP) is 2.63. The summed E-state index contributed by atoms with van der Waals surface area (Å²) in [5.74, 6) is 0.812. The second-order valence-electron chi connectivity index (χ2n) is 8.76. The fourth-order valence-corrected chi connectivity index (χ4v) is 5.31. The molecule has 0 radical (unpaired) electrons. The van der Waals surface area contributed by atoms with Crippen LogP contribution in [-0.4, -0.2) is 64.4 Å². The number of thiazole rings is 1. The van der Waals surface area contributed by atoms with E-state index in [2.05, 4.69) is 24.8 Å². The Labute approximate surface area is 189 Å². The minimum Gasteiger partial charge on any atom is -0.473 e. The Bertz CT molecular complexity index is 1150. The molecule has 2 unspecified atom stereocenters. The molecule has 6 rings (SSSR count). The first-order chi connectivity index (χ1) is 15.7. The Kier molecular flexibility index (Phi) is 4.98. The molecule has 3 aromatic heterocycles. The van der Waals surface area contributed by atoms with E-state index in [1.165, 1.54) is 0 Å². The van der Waals surface area contributed by atoms with Gasteiger partial charge in [0.05, 0.1) is 35.6 Å². The molecule has 1 N–H and O–H groups in total. The van der Waals surface area contributed by atoms with Gasteiger partial charge >= 0.3 is 0 Å². The second-order valence-corrected chi connectivity index (χ2v) is 9.77. The van der Waals surface area contributed by atoms with Crippen molar-refractivity contribution in [1.29, 1.82) is 0 Å². The van der Waals surface area contributed by atoms with Crippen molar-refractivity contribution in [2.24, 2.45) is 5.92 Å². The third-order valence-electron chi connectivity index (χ3n) is 6.46. The van der Waals surface area contributed by atoms with Crippen molar-refractivity contribution < 1.29 is 14.3 Å². The Morgan fingerprint density at radius 3 is 2.88 bits per heavy atom. The smallest absolute Gasteiger partial charge is 0.241 e. The van der Waals surface area contributed by atoms with Crippen LogP contribution in [0.5, 0.6) is 5.88 Å². The first-order valence-corrected chi connectivity index (χ1v) is 12.1. The molecule has 1 amide bonds. The van der Waals surface area contributed by atoms with E-state index in [-0.39, 0.29) is 17.9 Å². The third-order valence-corrected chi connectivity index (χ3v) is 7.54. The third kappa shape index (κ3) is 3.71. The second kappa shape index (κ2) is 8.00. The average Bonchev–Trinajstić information content (AvgIpc) is 3.19. The summed E-state index contributed by atoms with van der Waals surface area (Å²) in [4.78, 5) is 29.2. The van der Waals surface area contributed by atoms with Crippen LogP contribution >= 0.6 is 11.3 Å². The monoisotopic (exact) mass is 454 g/mol. The molecule has 3 aromatic rings. The molecule has 2 atom stereocenters. The van der Waals surface area contributed by atoms with Crippen LogP contribution < -0.4 is 15.0 Å². The minimum absolute atomic E-state index is 0.0839. The molecule has 3 fully saturated rings. The summed E-state index contributed by atoms with van der Waals surface area (Å²) in [6.07, 6.45) is 6.45. The first-order valence-electron chi connectivity index (χ1n) is 11.3. The number of carbonyl (C=O) groups excluding carboxylic acids is 1. The van der Waals surface area contributed by atoms with E-state index in [0.717, 1.165) is 65.9 Å². The largest absolute Gasteiger partial charge is 0.473 e. The van der Waals surface area contributed by atoms with Crippen LogP contribution in [0.3, 0.4) is 0 Å². The van der Waals surface area contributed by atoms with E-state index in [1.807, 2.05) is 25.5 Å². The van der Waals surface area contributed by atoms with Crippen LogP contribution in [-0.2, 0) is 9.53 Å². The van der Waals surface area contributed by atoms with Gasteiger partial charge in [0, 0.05) is 44.2 Å². The lowest BCUT2D eigenvalue weighted by Gasteiger charge is -2.25. The SMILES string of the molecule is CC(Oc1nc(-c2cnc(N3CCOCC3)s2)cc2ncn(C3CC3)c12)C1CNC(=O)C1. The molecule has 10 heteroatoms. The van der Waals surface area contributed by atoms with Crippen LogP contribution in [0, 0.1) is 5.92 Å². The molecular weight excluding hydrogens is 428 g/mol. The lowest BCUT2D eigenvalue weighted by molar-refractivity contribution is -0.119. The summed E-state index contributed by atoms with van der Waals surface area (Å²) < 4.78 is 14.1. The lowest BCUT2D eigenvalue weighted by Crippen LogP contribution is -2.36. The van der Waals surface area contributed by atoms with E-state index >= 15 is 0 Å². The summed E-state index contributed by atoms with van der Waals surface area (Å²) in [7, 11) is 0. The zero-order chi connectivity index (χ0) is 21.7. The maximum absolute atomic E-state index is 11.7. The maximum atomic E-state index is 11.7. The lowest BCUT2D eigenvalue weighted by atomic mass is 10.0. The number of hydrogen-bond acceptors (Lipinski definition) is 8. The van der Waals surface area contributed by atoms with Gasteiger partial charge in [0.15, 0.2) is 5.13 Å². The molecule has 9 nitrogen and oxygen atoms in total. The highest BCUT2D eigenvalue weighted by atomic mass is 32.1. The summed E-state index contributed by atoms with van der Waals surface area (Å²) >= 11 is 1.63. The number of fused-ring (bicyclic) bond motifs is 1.